The summed E-state index contributed by atoms with van der Waals surface area (Å²) in [6.45, 7) is 0. The van der Waals surface area contributed by atoms with Crippen molar-refractivity contribution in [1.29, 1.82) is 0 Å². The van der Waals surface area contributed by atoms with Crippen LogP contribution in [0.5, 0.6) is 5.75 Å². The van der Waals surface area contributed by atoms with Crippen LogP contribution in [0, 0.1) is 0 Å². The summed E-state index contributed by atoms with van der Waals surface area (Å²) >= 11 is -0.556. The molecule has 0 aliphatic carbocycles. The molecular formula is C14H16Cl2NOPTi. The molecule has 2 aromatic rings. The monoisotopic (exact) mass is 363 g/mol. The van der Waals surface area contributed by atoms with E-state index in [4.69, 9.17) is 18.6 Å². The van der Waals surface area contributed by atoms with Crippen LogP contribution in [0.15, 0.2) is 48.5 Å². The molecule has 1 N–H and O–H groups in total. The van der Waals surface area contributed by atoms with E-state index < -0.39 is 17.0 Å². The SMILES string of the molecule is CN(C)c1ccccc1Pc1ccccc1O.[Cl][Ti][Cl]. The molecule has 2 rings (SSSR count). The van der Waals surface area contributed by atoms with Crippen molar-refractivity contribution in [2.45, 2.75) is 0 Å². The second-order valence-electron chi connectivity index (χ2n) is 4.13. The van der Waals surface area contributed by atoms with E-state index in [1.165, 1.54) is 11.0 Å². The van der Waals surface area contributed by atoms with Crippen molar-refractivity contribution >= 4 is 43.5 Å². The van der Waals surface area contributed by atoms with E-state index in [1.807, 2.05) is 44.4 Å². The van der Waals surface area contributed by atoms with Gasteiger partial charge in [0, 0.05) is 30.4 Å². The summed E-state index contributed by atoms with van der Waals surface area (Å²) in [5.74, 6) is 0.374. The molecule has 0 aliphatic rings. The van der Waals surface area contributed by atoms with Crippen LogP contribution in [0.3, 0.4) is 0 Å². The second kappa shape index (κ2) is 9.66. The van der Waals surface area contributed by atoms with Crippen molar-refractivity contribution in [2.24, 2.45) is 0 Å². The van der Waals surface area contributed by atoms with Gasteiger partial charge in [-0.3, -0.25) is 0 Å². The Morgan fingerprint density at radius 1 is 0.950 bits per heavy atom. The first-order chi connectivity index (χ1) is 9.60. The molecule has 0 amide bonds. The molecule has 1 unspecified atom stereocenters. The molecule has 0 spiro atoms. The van der Waals surface area contributed by atoms with Crippen molar-refractivity contribution in [3.05, 3.63) is 48.5 Å². The number of anilines is 1. The van der Waals surface area contributed by atoms with Gasteiger partial charge in [-0.2, -0.15) is 0 Å². The molecule has 0 heterocycles. The van der Waals surface area contributed by atoms with E-state index in [-0.39, 0.29) is 0 Å². The van der Waals surface area contributed by atoms with Crippen LogP contribution < -0.4 is 15.5 Å². The Morgan fingerprint density at radius 2 is 1.45 bits per heavy atom. The van der Waals surface area contributed by atoms with Crippen LogP contribution in [0.1, 0.15) is 0 Å². The average Bonchev–Trinajstić information content (AvgIpc) is 2.43. The number of para-hydroxylation sites is 2. The number of rotatable bonds is 3. The van der Waals surface area contributed by atoms with Gasteiger partial charge in [-0.1, -0.05) is 45.0 Å². The second-order valence-corrected chi connectivity index (χ2v) is 8.03. The topological polar surface area (TPSA) is 23.5 Å². The van der Waals surface area contributed by atoms with Crippen LogP contribution in [0.25, 0.3) is 0 Å². The van der Waals surface area contributed by atoms with Gasteiger partial charge in [-0.25, -0.2) is 0 Å². The first kappa shape index (κ1) is 17.8. The van der Waals surface area contributed by atoms with Gasteiger partial charge in [0.1, 0.15) is 5.75 Å². The van der Waals surface area contributed by atoms with E-state index >= 15 is 0 Å². The third-order valence-corrected chi connectivity index (χ3v) is 3.94. The number of aromatic hydroxyl groups is 1. The normalized spacial score (nSPS) is 10.0. The summed E-state index contributed by atoms with van der Waals surface area (Å²) < 4.78 is 0. The molecule has 106 valence electrons. The van der Waals surface area contributed by atoms with Gasteiger partial charge in [0.05, 0.1) is 0 Å². The van der Waals surface area contributed by atoms with Crippen LogP contribution >= 0.6 is 27.2 Å². The molecule has 0 radical (unpaired) electrons. The van der Waals surface area contributed by atoms with Crippen LogP contribution in [-0.4, -0.2) is 19.2 Å². The number of hydrogen-bond donors (Lipinski definition) is 1. The number of phenols is 1. The molecule has 0 saturated heterocycles. The quantitative estimate of drug-likeness (QED) is 0.666. The molecule has 0 bridgehead atoms. The predicted molar refractivity (Wildman–Crippen MR) is 88.2 cm³/mol. The summed E-state index contributed by atoms with van der Waals surface area (Å²) in [7, 11) is 14.3. The Morgan fingerprint density at radius 3 is 2.00 bits per heavy atom. The van der Waals surface area contributed by atoms with Gasteiger partial charge in [0.2, 0.25) is 0 Å². The molecule has 20 heavy (non-hydrogen) atoms. The standard InChI is InChI=1S/C14H16NOP.2ClH.Ti/c1-15(2)11-7-3-5-9-13(11)17-14-10-6-4-8-12(14)16;;;/h3-10,16-17H,1-2H3;2*1H;/q;;;+2/p-2. The summed E-state index contributed by atoms with van der Waals surface area (Å²) in [6, 6.07) is 15.8. The number of nitrogens with zero attached hydrogens (tertiary/aromatic N) is 1. The Kier molecular flexibility index (Phi) is 8.60. The minimum absolute atomic E-state index is 0.374. The number of halogens is 2. The van der Waals surface area contributed by atoms with Crippen molar-refractivity contribution in [1.82, 2.24) is 0 Å². The maximum atomic E-state index is 9.79. The first-order valence-corrected chi connectivity index (χ1v) is 11.2. The zero-order valence-electron chi connectivity index (χ0n) is 11.3. The third kappa shape index (κ3) is 5.64. The molecule has 0 aliphatic heterocycles. The fraction of sp³-hybridized carbons (Fsp3) is 0.143. The molecule has 2 aromatic carbocycles. The van der Waals surface area contributed by atoms with Gasteiger partial charge in [-0.05, 0) is 12.1 Å². The van der Waals surface area contributed by atoms with Crippen LogP contribution in [0.2, 0.25) is 0 Å². The number of hydrogen-bond acceptors (Lipinski definition) is 2. The van der Waals surface area contributed by atoms with Gasteiger partial charge in [0.25, 0.3) is 0 Å². The van der Waals surface area contributed by atoms with Crippen molar-refractivity contribution < 1.29 is 22.1 Å². The van der Waals surface area contributed by atoms with E-state index in [0.717, 1.165) is 5.30 Å². The van der Waals surface area contributed by atoms with E-state index in [1.54, 1.807) is 6.07 Å². The van der Waals surface area contributed by atoms with Gasteiger partial charge in [0.15, 0.2) is 0 Å². The zero-order chi connectivity index (χ0) is 15.0. The molecule has 0 aromatic heterocycles. The molecule has 1 atom stereocenters. The van der Waals surface area contributed by atoms with Gasteiger partial charge < -0.3 is 10.0 Å². The van der Waals surface area contributed by atoms with Crippen molar-refractivity contribution in [2.75, 3.05) is 19.0 Å². The van der Waals surface area contributed by atoms with E-state index in [9.17, 15) is 5.11 Å². The fourth-order valence-corrected chi connectivity index (χ4v) is 2.99. The number of phenolic OH excluding ortho intramolecular Hbond substituents is 1. The minimum atomic E-state index is -0.556. The van der Waals surface area contributed by atoms with E-state index in [0.29, 0.717) is 14.3 Å². The Balaban J connectivity index is 0.000000612. The van der Waals surface area contributed by atoms with Gasteiger partial charge in [-0.15, -0.1) is 0 Å². The number of benzene rings is 2. The van der Waals surface area contributed by atoms with Crippen molar-refractivity contribution in [3.8, 4) is 5.75 Å². The molecule has 0 saturated carbocycles. The van der Waals surface area contributed by atoms with Gasteiger partial charge >= 0.3 is 35.6 Å². The van der Waals surface area contributed by atoms with E-state index in [2.05, 4.69) is 17.0 Å². The fourth-order valence-electron chi connectivity index (χ4n) is 1.69. The average molecular weight is 364 g/mol. The maximum absolute atomic E-state index is 9.79. The molecular weight excluding hydrogens is 348 g/mol. The predicted octanol–water partition coefficient (Wildman–Crippen LogP) is 3.46. The van der Waals surface area contributed by atoms with Crippen LogP contribution in [0.4, 0.5) is 5.69 Å². The Bertz CT molecular complexity index is 540. The third-order valence-electron chi connectivity index (χ3n) is 2.56. The molecule has 0 fully saturated rings. The Hall–Kier alpha value is -0.236. The molecule has 2 nitrogen and oxygen atoms in total. The summed E-state index contributed by atoms with van der Waals surface area (Å²) in [6.07, 6.45) is 0. The van der Waals surface area contributed by atoms with Crippen molar-refractivity contribution in [3.63, 3.8) is 0 Å². The zero-order valence-corrected chi connectivity index (χ0v) is 15.3. The molecule has 6 heteroatoms. The summed E-state index contributed by atoms with van der Waals surface area (Å²) in [5, 5.41) is 12.0. The summed E-state index contributed by atoms with van der Waals surface area (Å²) in [5.41, 5.74) is 1.20. The van der Waals surface area contributed by atoms with Crippen LogP contribution in [-0.2, 0) is 17.0 Å². The first-order valence-electron chi connectivity index (χ1n) is 5.87. The summed E-state index contributed by atoms with van der Waals surface area (Å²) in [4.78, 5) is 2.10. The Labute approximate surface area is 138 Å².